The Morgan fingerprint density at radius 2 is 2.40 bits per heavy atom. The average molecular weight is 204 g/mol. The van der Waals surface area contributed by atoms with Crippen molar-refractivity contribution in [1.82, 2.24) is 0 Å². The molecule has 3 heteroatoms. The van der Waals surface area contributed by atoms with Gasteiger partial charge in [-0.25, -0.2) is 0 Å². The van der Waals surface area contributed by atoms with E-state index in [1.54, 1.807) is 7.11 Å². The maximum Gasteiger partial charge on any atom is 0.138 e. The van der Waals surface area contributed by atoms with Crippen LogP contribution in [-0.4, -0.2) is 18.0 Å². The fraction of sp³-hybridized carbons (Fsp3) is 0.857. The van der Waals surface area contributed by atoms with Crippen LogP contribution in [0.5, 0.6) is 0 Å². The molecule has 0 spiro atoms. The molecule has 56 valence electrons. The highest BCUT2D eigenvalue weighted by atomic mass is 79.9. The molecule has 1 saturated carbocycles. The molecule has 1 atom stereocenters. The number of rotatable bonds is 3. The van der Waals surface area contributed by atoms with E-state index in [1.807, 2.05) is 0 Å². The van der Waals surface area contributed by atoms with Crippen LogP contribution in [0.2, 0.25) is 0 Å². The van der Waals surface area contributed by atoms with Gasteiger partial charge in [-0.15, -0.1) is 0 Å². The summed E-state index contributed by atoms with van der Waals surface area (Å²) in [5.41, 5.74) is 0. The third kappa shape index (κ3) is 1.50. The molecule has 2 nitrogen and oxygen atoms in total. The fourth-order valence-electron chi connectivity index (χ4n) is 0.992. The van der Waals surface area contributed by atoms with E-state index in [1.165, 1.54) is 0 Å². The van der Waals surface area contributed by atoms with Crippen molar-refractivity contribution in [3.05, 3.63) is 0 Å². The Morgan fingerprint density at radius 3 is 2.70 bits per heavy atom. The molecule has 0 aliphatic heterocycles. The second-order valence-corrected chi connectivity index (χ2v) is 4.10. The summed E-state index contributed by atoms with van der Waals surface area (Å²) in [6.07, 6.45) is 2.31. The smallest absolute Gasteiger partial charge is 0.138 e. The van der Waals surface area contributed by atoms with E-state index >= 15 is 0 Å². The van der Waals surface area contributed by atoms with E-state index in [4.69, 9.17) is 10.00 Å². The molecule has 0 aromatic heterocycles. The minimum atomic E-state index is -0.401. The van der Waals surface area contributed by atoms with Gasteiger partial charge in [0.15, 0.2) is 0 Å². The quantitative estimate of drug-likeness (QED) is 0.655. The van der Waals surface area contributed by atoms with Gasteiger partial charge in [0.05, 0.1) is 12.7 Å². The lowest BCUT2D eigenvalue weighted by Gasteiger charge is -2.16. The summed E-state index contributed by atoms with van der Waals surface area (Å²) in [5, 5.41) is 8.75. The van der Waals surface area contributed by atoms with Crippen molar-refractivity contribution in [1.29, 1.82) is 5.26 Å². The van der Waals surface area contributed by atoms with Gasteiger partial charge in [-0.1, -0.05) is 15.9 Å². The van der Waals surface area contributed by atoms with Crippen LogP contribution in [0.4, 0.5) is 0 Å². The lowest BCUT2D eigenvalue weighted by molar-refractivity contribution is 0.179. The van der Waals surface area contributed by atoms with Crippen molar-refractivity contribution in [2.75, 3.05) is 13.7 Å². The van der Waals surface area contributed by atoms with Crippen molar-refractivity contribution in [2.24, 2.45) is 5.92 Å². The predicted molar refractivity (Wildman–Crippen MR) is 41.9 cm³/mol. The topological polar surface area (TPSA) is 33.0 Å². The Morgan fingerprint density at radius 1 is 1.80 bits per heavy atom. The Labute approximate surface area is 69.3 Å². The number of alkyl halides is 1. The second-order valence-electron chi connectivity index (χ2n) is 2.68. The van der Waals surface area contributed by atoms with Gasteiger partial charge in [0.2, 0.25) is 0 Å². The number of halogens is 1. The summed E-state index contributed by atoms with van der Waals surface area (Å²) < 4.78 is 4.53. The number of methoxy groups -OCH3 is 1. The minimum absolute atomic E-state index is 0.401. The summed E-state index contributed by atoms with van der Waals surface area (Å²) in [4.78, 5) is 0. The first-order valence-electron chi connectivity index (χ1n) is 3.32. The average Bonchev–Trinajstić information content (AvgIpc) is 2.69. The van der Waals surface area contributed by atoms with Gasteiger partial charge in [0, 0.05) is 7.11 Å². The van der Waals surface area contributed by atoms with Crippen molar-refractivity contribution in [2.45, 2.75) is 17.2 Å². The highest BCUT2D eigenvalue weighted by Crippen LogP contribution is 2.44. The van der Waals surface area contributed by atoms with Crippen molar-refractivity contribution in [3.8, 4) is 6.07 Å². The van der Waals surface area contributed by atoms with Crippen molar-refractivity contribution >= 4 is 15.9 Å². The molecule has 1 unspecified atom stereocenters. The molecular formula is C7H10BrNO. The lowest BCUT2D eigenvalue weighted by Crippen LogP contribution is -2.27. The van der Waals surface area contributed by atoms with Gasteiger partial charge in [0.25, 0.3) is 0 Å². The number of nitrogens with zero attached hydrogens (tertiary/aromatic N) is 1. The summed E-state index contributed by atoms with van der Waals surface area (Å²) in [6, 6.07) is 2.23. The molecule has 1 aliphatic carbocycles. The minimum Gasteiger partial charge on any atom is -0.382 e. The molecule has 0 bridgehead atoms. The van der Waals surface area contributed by atoms with E-state index in [0.717, 1.165) is 12.8 Å². The summed E-state index contributed by atoms with van der Waals surface area (Å²) in [7, 11) is 1.62. The second kappa shape index (κ2) is 2.89. The summed E-state index contributed by atoms with van der Waals surface area (Å²) >= 11 is 3.39. The van der Waals surface area contributed by atoms with Crippen LogP contribution in [-0.2, 0) is 4.74 Å². The normalized spacial score (nSPS) is 23.3. The molecule has 0 N–H and O–H groups in total. The highest BCUT2D eigenvalue weighted by Gasteiger charge is 2.43. The van der Waals surface area contributed by atoms with Crippen molar-refractivity contribution in [3.63, 3.8) is 0 Å². The van der Waals surface area contributed by atoms with Gasteiger partial charge in [-0.2, -0.15) is 5.26 Å². The number of nitriles is 1. The molecule has 0 radical (unpaired) electrons. The van der Waals surface area contributed by atoms with Gasteiger partial charge in [0.1, 0.15) is 4.32 Å². The van der Waals surface area contributed by atoms with Gasteiger partial charge in [-0.05, 0) is 18.8 Å². The molecular weight excluding hydrogens is 194 g/mol. The molecule has 0 amide bonds. The van der Waals surface area contributed by atoms with Gasteiger partial charge in [-0.3, -0.25) is 0 Å². The molecule has 1 aliphatic rings. The van der Waals surface area contributed by atoms with Crippen LogP contribution in [0, 0.1) is 17.2 Å². The first kappa shape index (κ1) is 8.03. The Hall–Kier alpha value is -0.0700. The van der Waals surface area contributed by atoms with E-state index in [2.05, 4.69) is 22.0 Å². The molecule has 0 saturated heterocycles. The van der Waals surface area contributed by atoms with Crippen LogP contribution in [0.25, 0.3) is 0 Å². The highest BCUT2D eigenvalue weighted by molar-refractivity contribution is 9.10. The molecule has 1 fully saturated rings. The first-order chi connectivity index (χ1) is 4.73. The zero-order valence-electron chi connectivity index (χ0n) is 5.93. The molecule has 0 heterocycles. The zero-order chi connectivity index (χ0) is 7.61. The monoisotopic (exact) mass is 203 g/mol. The standard InChI is InChI=1S/C7H10BrNO/c1-10-5-7(8,4-9)6-2-3-6/h6H,2-3,5H2,1H3. The van der Waals surface area contributed by atoms with Crippen molar-refractivity contribution < 1.29 is 4.74 Å². The number of ether oxygens (including phenoxy) is 1. The first-order valence-corrected chi connectivity index (χ1v) is 4.11. The number of hydrogen-bond donors (Lipinski definition) is 0. The third-order valence-corrected chi connectivity index (χ3v) is 2.82. The molecule has 1 rings (SSSR count). The largest absolute Gasteiger partial charge is 0.382 e. The Balaban J connectivity index is 2.50. The number of hydrogen-bond acceptors (Lipinski definition) is 2. The van der Waals surface area contributed by atoms with E-state index in [-0.39, 0.29) is 0 Å². The van der Waals surface area contributed by atoms with E-state index in [9.17, 15) is 0 Å². The maximum absolute atomic E-state index is 8.75. The summed E-state index contributed by atoms with van der Waals surface area (Å²) in [5.74, 6) is 0.512. The van der Waals surface area contributed by atoms with E-state index in [0.29, 0.717) is 12.5 Å². The molecule has 0 aromatic carbocycles. The van der Waals surface area contributed by atoms with Crippen LogP contribution in [0.3, 0.4) is 0 Å². The van der Waals surface area contributed by atoms with Gasteiger partial charge >= 0.3 is 0 Å². The summed E-state index contributed by atoms with van der Waals surface area (Å²) in [6.45, 7) is 0.494. The fourth-order valence-corrected chi connectivity index (χ4v) is 1.68. The van der Waals surface area contributed by atoms with E-state index < -0.39 is 4.32 Å². The van der Waals surface area contributed by atoms with Crippen LogP contribution >= 0.6 is 15.9 Å². The SMILES string of the molecule is COCC(Br)(C#N)C1CC1. The third-order valence-electron chi connectivity index (χ3n) is 1.76. The van der Waals surface area contributed by atoms with Crippen LogP contribution < -0.4 is 0 Å². The Bertz CT molecular complexity index is 161. The zero-order valence-corrected chi connectivity index (χ0v) is 7.52. The Kier molecular flexibility index (Phi) is 2.32. The maximum atomic E-state index is 8.75. The van der Waals surface area contributed by atoms with Crippen LogP contribution in [0.15, 0.2) is 0 Å². The van der Waals surface area contributed by atoms with Crippen LogP contribution in [0.1, 0.15) is 12.8 Å². The molecule has 0 aromatic rings. The lowest BCUT2D eigenvalue weighted by atomic mass is 10.1. The molecule has 10 heavy (non-hydrogen) atoms. The predicted octanol–water partition coefficient (Wildman–Crippen LogP) is 1.70. The van der Waals surface area contributed by atoms with Gasteiger partial charge < -0.3 is 4.74 Å².